The number of rotatable bonds is 1. The Morgan fingerprint density at radius 3 is 2.79 bits per heavy atom. The van der Waals surface area contributed by atoms with Gasteiger partial charge in [-0.2, -0.15) is 0 Å². The van der Waals surface area contributed by atoms with Crippen molar-refractivity contribution < 1.29 is 14.3 Å². The zero-order valence-corrected chi connectivity index (χ0v) is 7.45. The minimum Gasteiger partial charge on any atom is -0.347 e. The molecular formula is C9H10N2O3. The van der Waals surface area contributed by atoms with E-state index in [4.69, 9.17) is 4.74 Å². The first-order valence-corrected chi connectivity index (χ1v) is 4.64. The van der Waals surface area contributed by atoms with E-state index in [9.17, 15) is 9.59 Å². The first kappa shape index (κ1) is 8.14. The molecule has 3 atom stereocenters. The molecule has 5 heteroatoms. The van der Waals surface area contributed by atoms with Gasteiger partial charge in [-0.05, 0) is 6.08 Å². The summed E-state index contributed by atoms with van der Waals surface area (Å²) in [6, 6.07) is 0. The van der Waals surface area contributed by atoms with Crippen LogP contribution in [-0.4, -0.2) is 30.2 Å². The van der Waals surface area contributed by atoms with Crippen LogP contribution in [0.1, 0.15) is 6.42 Å². The Balaban J connectivity index is 1.92. The van der Waals surface area contributed by atoms with Crippen LogP contribution in [0.25, 0.3) is 0 Å². The van der Waals surface area contributed by atoms with Crippen LogP contribution in [-0.2, 0) is 14.3 Å². The Morgan fingerprint density at radius 2 is 2.36 bits per heavy atom. The van der Waals surface area contributed by atoms with Crippen LogP contribution in [0.3, 0.4) is 0 Å². The molecule has 0 spiro atoms. The monoisotopic (exact) mass is 194 g/mol. The average molecular weight is 194 g/mol. The zero-order chi connectivity index (χ0) is 9.76. The number of carbonyl (C=O) groups is 2. The minimum atomic E-state index is -0.582. The van der Waals surface area contributed by atoms with Gasteiger partial charge in [0.1, 0.15) is 11.8 Å². The average Bonchev–Trinajstić information content (AvgIpc) is 2.79. The summed E-state index contributed by atoms with van der Waals surface area (Å²) >= 11 is 0. The molecule has 3 aliphatic rings. The van der Waals surface area contributed by atoms with Gasteiger partial charge < -0.3 is 4.74 Å². The maximum atomic E-state index is 11.5. The Bertz CT molecular complexity index is 352. The second-order valence-corrected chi connectivity index (χ2v) is 3.90. The molecule has 2 bridgehead atoms. The molecule has 1 unspecified atom stereocenters. The van der Waals surface area contributed by atoms with Gasteiger partial charge in [-0.1, -0.05) is 6.08 Å². The van der Waals surface area contributed by atoms with Gasteiger partial charge in [-0.15, -0.1) is 0 Å². The first-order valence-electron chi connectivity index (χ1n) is 4.64. The topological polar surface area (TPSA) is 67.4 Å². The van der Waals surface area contributed by atoms with Gasteiger partial charge in [0.2, 0.25) is 11.8 Å². The molecule has 5 nitrogen and oxygen atoms in total. The van der Waals surface area contributed by atoms with E-state index in [2.05, 4.69) is 10.6 Å². The molecule has 3 rings (SSSR count). The number of hydrogen-bond donors (Lipinski definition) is 2. The predicted octanol–water partition coefficient (Wildman–Crippen LogP) is -1.10. The largest absolute Gasteiger partial charge is 0.347 e. The summed E-state index contributed by atoms with van der Waals surface area (Å²) in [5.74, 6) is -0.794. The van der Waals surface area contributed by atoms with Crippen molar-refractivity contribution in [3.05, 3.63) is 12.2 Å². The quantitative estimate of drug-likeness (QED) is 0.411. The van der Waals surface area contributed by atoms with Crippen LogP contribution in [0.4, 0.5) is 0 Å². The van der Waals surface area contributed by atoms with Gasteiger partial charge in [0.05, 0.1) is 5.92 Å². The summed E-state index contributed by atoms with van der Waals surface area (Å²) in [7, 11) is 0. The molecular weight excluding hydrogens is 184 g/mol. The van der Waals surface area contributed by atoms with Crippen molar-refractivity contribution in [1.82, 2.24) is 10.6 Å². The predicted molar refractivity (Wildman–Crippen MR) is 46.0 cm³/mol. The van der Waals surface area contributed by atoms with E-state index in [1.165, 1.54) is 0 Å². The highest BCUT2D eigenvalue weighted by molar-refractivity contribution is 6.04. The fraction of sp³-hybridized carbons (Fsp3) is 0.556. The summed E-state index contributed by atoms with van der Waals surface area (Å²) in [6.45, 7) is 0.611. The van der Waals surface area contributed by atoms with Crippen LogP contribution >= 0.6 is 0 Å². The first-order chi connectivity index (χ1) is 6.70. The summed E-state index contributed by atoms with van der Waals surface area (Å²) in [5.41, 5.74) is -0.582. The highest BCUT2D eigenvalue weighted by Gasteiger charge is 2.53. The van der Waals surface area contributed by atoms with Gasteiger partial charge in [0.15, 0.2) is 0 Å². The van der Waals surface area contributed by atoms with Crippen molar-refractivity contribution in [2.75, 3.05) is 6.54 Å². The second kappa shape index (κ2) is 2.43. The molecule has 0 radical (unpaired) electrons. The molecule has 2 amide bonds. The maximum Gasteiger partial charge on any atom is 0.233 e. The number of imide groups is 1. The van der Waals surface area contributed by atoms with Gasteiger partial charge in [-0.3, -0.25) is 20.2 Å². The van der Waals surface area contributed by atoms with Crippen molar-refractivity contribution in [2.45, 2.75) is 18.2 Å². The van der Waals surface area contributed by atoms with E-state index in [0.717, 1.165) is 0 Å². The molecule has 14 heavy (non-hydrogen) atoms. The molecule has 0 aromatic carbocycles. The number of hydrogen-bond acceptors (Lipinski definition) is 4. The minimum absolute atomic E-state index is 0.0847. The van der Waals surface area contributed by atoms with E-state index in [-0.39, 0.29) is 30.4 Å². The lowest BCUT2D eigenvalue weighted by Crippen LogP contribution is -2.43. The molecule has 2 fully saturated rings. The third kappa shape index (κ3) is 0.908. The molecule has 0 aromatic rings. The fourth-order valence-electron chi connectivity index (χ4n) is 2.31. The van der Waals surface area contributed by atoms with Gasteiger partial charge in [0.25, 0.3) is 0 Å². The number of fused-ring (bicyclic) bond motifs is 2. The van der Waals surface area contributed by atoms with E-state index in [1.807, 2.05) is 12.2 Å². The van der Waals surface area contributed by atoms with Crippen LogP contribution in [0.15, 0.2) is 12.2 Å². The van der Waals surface area contributed by atoms with E-state index in [1.54, 1.807) is 0 Å². The smallest absolute Gasteiger partial charge is 0.233 e. The molecule has 0 aliphatic carbocycles. The Morgan fingerprint density at radius 1 is 1.50 bits per heavy atom. The van der Waals surface area contributed by atoms with E-state index in [0.29, 0.717) is 6.54 Å². The lowest BCUT2D eigenvalue weighted by atomic mass is 9.86. The van der Waals surface area contributed by atoms with Crippen LogP contribution in [0.5, 0.6) is 0 Å². The van der Waals surface area contributed by atoms with Gasteiger partial charge in [0, 0.05) is 13.0 Å². The molecule has 0 saturated carbocycles. The lowest BCUT2D eigenvalue weighted by molar-refractivity contribution is -0.129. The summed E-state index contributed by atoms with van der Waals surface area (Å²) in [4.78, 5) is 22.5. The maximum absolute atomic E-state index is 11.5. The van der Waals surface area contributed by atoms with Crippen LogP contribution in [0, 0.1) is 5.92 Å². The van der Waals surface area contributed by atoms with Crippen LogP contribution in [0.2, 0.25) is 0 Å². The van der Waals surface area contributed by atoms with Crippen molar-refractivity contribution in [2.24, 2.45) is 5.92 Å². The van der Waals surface area contributed by atoms with Crippen molar-refractivity contribution in [1.29, 1.82) is 0 Å². The summed E-state index contributed by atoms with van der Waals surface area (Å²) in [5, 5.41) is 5.41. The molecule has 3 heterocycles. The second-order valence-electron chi connectivity index (χ2n) is 3.90. The van der Waals surface area contributed by atoms with E-state index >= 15 is 0 Å². The number of nitrogens with one attached hydrogen (secondary N) is 2. The number of ether oxygens (including phenoxy) is 1. The van der Waals surface area contributed by atoms with Crippen molar-refractivity contribution >= 4 is 11.8 Å². The Hall–Kier alpha value is -1.20. The van der Waals surface area contributed by atoms with Crippen LogP contribution < -0.4 is 10.6 Å². The third-order valence-electron chi connectivity index (χ3n) is 3.04. The zero-order valence-electron chi connectivity index (χ0n) is 7.45. The molecule has 74 valence electrons. The Kier molecular flexibility index (Phi) is 1.41. The van der Waals surface area contributed by atoms with E-state index < -0.39 is 5.60 Å². The molecule has 2 N–H and O–H groups in total. The molecule has 0 aromatic heterocycles. The molecule has 2 saturated heterocycles. The van der Waals surface area contributed by atoms with Gasteiger partial charge >= 0.3 is 0 Å². The van der Waals surface area contributed by atoms with Crippen molar-refractivity contribution in [3.63, 3.8) is 0 Å². The normalized spacial score (nSPS) is 44.9. The van der Waals surface area contributed by atoms with Crippen molar-refractivity contribution in [3.8, 4) is 0 Å². The van der Waals surface area contributed by atoms with Gasteiger partial charge in [-0.25, -0.2) is 0 Å². The summed E-state index contributed by atoms with van der Waals surface area (Å²) < 4.78 is 5.63. The summed E-state index contributed by atoms with van der Waals surface area (Å²) in [6.07, 6.45) is 3.94. The highest BCUT2D eigenvalue weighted by atomic mass is 16.5. The number of amides is 2. The lowest BCUT2D eigenvalue weighted by Gasteiger charge is -2.25. The highest BCUT2D eigenvalue weighted by Crippen LogP contribution is 2.38. The standard InChI is InChI=1S/C9H10N2O3/c12-6-3-5(8(13)11-6)9-2-1-7(14-9)10-4-9/h1-2,5,7,10H,3-4H2,(H,11,12,13)/t5?,7-,9+/m1/s1. The molecule has 3 aliphatic heterocycles. The fourth-order valence-corrected chi connectivity index (χ4v) is 2.31. The Labute approximate surface area is 80.5 Å². The SMILES string of the molecule is O=C1CC([C@]23C=C[C@H](NC2)O3)C(=O)N1. The third-order valence-corrected chi connectivity index (χ3v) is 3.04. The number of carbonyl (C=O) groups excluding carboxylic acids is 2.